The van der Waals surface area contributed by atoms with Crippen LogP contribution in [0.2, 0.25) is 0 Å². The van der Waals surface area contributed by atoms with Crippen molar-refractivity contribution in [1.82, 2.24) is 5.48 Å². The van der Waals surface area contributed by atoms with E-state index in [0.717, 1.165) is 13.2 Å². The quantitative estimate of drug-likeness (QED) is 0.569. The molecule has 0 atom stereocenters. The summed E-state index contributed by atoms with van der Waals surface area (Å²) in [5, 5.41) is 0. The number of benzene rings is 1. The van der Waals surface area contributed by atoms with Gasteiger partial charge in [0.25, 0.3) is 0 Å². The van der Waals surface area contributed by atoms with Crippen LogP contribution in [0.1, 0.15) is 19.4 Å². The third-order valence-electron chi connectivity index (χ3n) is 1.83. The van der Waals surface area contributed by atoms with Crippen molar-refractivity contribution in [2.24, 2.45) is 5.92 Å². The van der Waals surface area contributed by atoms with Gasteiger partial charge in [-0.05, 0) is 11.5 Å². The van der Waals surface area contributed by atoms with Crippen molar-refractivity contribution in [3.05, 3.63) is 42.0 Å². The zero-order chi connectivity index (χ0) is 10.9. The van der Waals surface area contributed by atoms with Gasteiger partial charge in [-0.25, -0.2) is 0 Å². The molecule has 0 saturated carbocycles. The van der Waals surface area contributed by atoms with E-state index in [9.17, 15) is 0 Å². The second-order valence-electron chi connectivity index (χ2n) is 3.87. The Kier molecular flexibility index (Phi) is 5.74. The molecule has 0 aromatic heterocycles. The number of rotatable bonds is 6. The van der Waals surface area contributed by atoms with Gasteiger partial charge in [0.05, 0.1) is 6.61 Å². The number of hydrogen-bond acceptors (Lipinski definition) is 2. The minimum Gasteiger partial charge on any atom is -0.301 e. The molecule has 0 fully saturated rings. The summed E-state index contributed by atoms with van der Waals surface area (Å²) >= 11 is 0. The molecule has 0 saturated heterocycles. The van der Waals surface area contributed by atoms with Gasteiger partial charge in [0, 0.05) is 6.54 Å². The van der Waals surface area contributed by atoms with Gasteiger partial charge in [0.2, 0.25) is 0 Å². The van der Waals surface area contributed by atoms with Crippen LogP contribution in [-0.2, 0) is 4.84 Å². The molecule has 0 spiro atoms. The van der Waals surface area contributed by atoms with E-state index in [-0.39, 0.29) is 0 Å². The molecule has 0 radical (unpaired) electrons. The van der Waals surface area contributed by atoms with Crippen molar-refractivity contribution < 1.29 is 4.84 Å². The normalized spacial score (nSPS) is 11.4. The van der Waals surface area contributed by atoms with Crippen molar-refractivity contribution in [3.8, 4) is 0 Å². The van der Waals surface area contributed by atoms with Gasteiger partial charge in [0.1, 0.15) is 0 Å². The van der Waals surface area contributed by atoms with Crippen LogP contribution >= 0.6 is 0 Å². The van der Waals surface area contributed by atoms with Crippen LogP contribution in [0.25, 0.3) is 6.08 Å². The van der Waals surface area contributed by atoms with Gasteiger partial charge in [-0.15, -0.1) is 0 Å². The zero-order valence-corrected chi connectivity index (χ0v) is 9.44. The molecule has 0 unspecified atom stereocenters. The van der Waals surface area contributed by atoms with E-state index in [0.29, 0.717) is 5.92 Å². The van der Waals surface area contributed by atoms with E-state index < -0.39 is 0 Å². The Labute approximate surface area is 91.9 Å². The predicted molar refractivity (Wildman–Crippen MR) is 64.3 cm³/mol. The second-order valence-corrected chi connectivity index (χ2v) is 3.87. The minimum atomic E-state index is 0.565. The second kappa shape index (κ2) is 7.21. The Bertz CT molecular complexity index is 280. The average Bonchev–Trinajstić information content (AvgIpc) is 2.24. The topological polar surface area (TPSA) is 21.3 Å². The highest BCUT2D eigenvalue weighted by molar-refractivity contribution is 5.48. The summed E-state index contributed by atoms with van der Waals surface area (Å²) in [7, 11) is 0. The van der Waals surface area contributed by atoms with Crippen molar-refractivity contribution in [3.63, 3.8) is 0 Å². The highest BCUT2D eigenvalue weighted by atomic mass is 16.6. The third-order valence-corrected chi connectivity index (χ3v) is 1.83. The molecule has 2 heteroatoms. The Balaban J connectivity index is 2.12. The van der Waals surface area contributed by atoms with Crippen LogP contribution in [0.3, 0.4) is 0 Å². The van der Waals surface area contributed by atoms with Crippen molar-refractivity contribution in [2.75, 3.05) is 13.2 Å². The molecule has 15 heavy (non-hydrogen) atoms. The monoisotopic (exact) mass is 205 g/mol. The minimum absolute atomic E-state index is 0.565. The van der Waals surface area contributed by atoms with Gasteiger partial charge < -0.3 is 4.84 Å². The maximum absolute atomic E-state index is 5.23. The highest BCUT2D eigenvalue weighted by Gasteiger charge is 1.91. The largest absolute Gasteiger partial charge is 0.301 e. The van der Waals surface area contributed by atoms with Crippen LogP contribution in [0.15, 0.2) is 36.4 Å². The molecule has 1 aromatic carbocycles. The van der Waals surface area contributed by atoms with Gasteiger partial charge >= 0.3 is 0 Å². The molecular formula is C13H19NO. The van der Waals surface area contributed by atoms with Crippen molar-refractivity contribution in [1.29, 1.82) is 0 Å². The van der Waals surface area contributed by atoms with Crippen LogP contribution in [0.5, 0.6) is 0 Å². The molecule has 0 bridgehead atoms. The van der Waals surface area contributed by atoms with Crippen LogP contribution < -0.4 is 5.48 Å². The molecule has 2 nitrogen and oxygen atoms in total. The molecule has 82 valence electrons. The van der Waals surface area contributed by atoms with Crippen LogP contribution in [0, 0.1) is 5.92 Å². The Hall–Kier alpha value is -1.12. The standard InChI is InChI=1S/C13H19NO/c1-12(2)11-15-14-10-6-9-13-7-4-3-5-8-13/h3-9,12,14H,10-11H2,1-2H3/b9-6+. The lowest BCUT2D eigenvalue weighted by Crippen LogP contribution is -2.17. The van der Waals surface area contributed by atoms with Gasteiger partial charge in [-0.1, -0.05) is 56.3 Å². The van der Waals surface area contributed by atoms with E-state index in [1.165, 1.54) is 5.56 Å². The fourth-order valence-corrected chi connectivity index (χ4v) is 1.09. The third kappa shape index (κ3) is 6.05. The lowest BCUT2D eigenvalue weighted by molar-refractivity contribution is 0.0307. The molecule has 0 heterocycles. The molecule has 1 aromatic rings. The number of nitrogens with one attached hydrogen (secondary N) is 1. The molecule has 0 aliphatic heterocycles. The Morgan fingerprint density at radius 2 is 2.00 bits per heavy atom. The first kappa shape index (κ1) is 12.0. The molecule has 0 aliphatic carbocycles. The molecule has 0 amide bonds. The van der Waals surface area contributed by atoms with Gasteiger partial charge in [-0.3, -0.25) is 0 Å². The maximum Gasteiger partial charge on any atom is 0.0705 e. The fraction of sp³-hybridized carbons (Fsp3) is 0.385. The Morgan fingerprint density at radius 1 is 1.27 bits per heavy atom. The van der Waals surface area contributed by atoms with Crippen molar-refractivity contribution >= 4 is 6.08 Å². The van der Waals surface area contributed by atoms with E-state index in [2.05, 4.69) is 43.6 Å². The summed E-state index contributed by atoms with van der Waals surface area (Å²) in [6.07, 6.45) is 4.13. The van der Waals surface area contributed by atoms with E-state index in [1.807, 2.05) is 18.2 Å². The molecule has 0 aliphatic rings. The lowest BCUT2D eigenvalue weighted by Gasteiger charge is -2.05. The van der Waals surface area contributed by atoms with Crippen molar-refractivity contribution in [2.45, 2.75) is 13.8 Å². The van der Waals surface area contributed by atoms with E-state index >= 15 is 0 Å². The molecular weight excluding hydrogens is 186 g/mol. The first-order chi connectivity index (χ1) is 7.29. The maximum atomic E-state index is 5.23. The molecule has 1 rings (SSSR count). The lowest BCUT2D eigenvalue weighted by atomic mass is 10.2. The van der Waals surface area contributed by atoms with E-state index in [1.54, 1.807) is 0 Å². The first-order valence-electron chi connectivity index (χ1n) is 5.35. The summed E-state index contributed by atoms with van der Waals surface area (Å²) in [4.78, 5) is 5.23. The number of hydrogen-bond donors (Lipinski definition) is 1. The summed E-state index contributed by atoms with van der Waals surface area (Å²) in [5.74, 6) is 0.565. The molecule has 1 N–H and O–H groups in total. The van der Waals surface area contributed by atoms with Gasteiger partial charge in [0.15, 0.2) is 0 Å². The van der Waals surface area contributed by atoms with Gasteiger partial charge in [-0.2, -0.15) is 5.48 Å². The van der Waals surface area contributed by atoms with E-state index in [4.69, 9.17) is 4.84 Å². The SMILES string of the molecule is CC(C)CONC/C=C/c1ccccc1. The highest BCUT2D eigenvalue weighted by Crippen LogP contribution is 1.99. The first-order valence-corrected chi connectivity index (χ1v) is 5.35. The fourth-order valence-electron chi connectivity index (χ4n) is 1.09. The van der Waals surface area contributed by atoms with Crippen LogP contribution in [0.4, 0.5) is 0 Å². The average molecular weight is 205 g/mol. The summed E-state index contributed by atoms with van der Waals surface area (Å²) < 4.78 is 0. The zero-order valence-electron chi connectivity index (χ0n) is 9.44. The number of hydroxylamine groups is 1. The Morgan fingerprint density at radius 3 is 2.67 bits per heavy atom. The van der Waals surface area contributed by atoms with Crippen LogP contribution in [-0.4, -0.2) is 13.2 Å². The summed E-state index contributed by atoms with van der Waals surface area (Å²) in [6.45, 7) is 5.74. The summed E-state index contributed by atoms with van der Waals surface area (Å²) in [5.41, 5.74) is 4.11. The smallest absolute Gasteiger partial charge is 0.0705 e. The predicted octanol–water partition coefficient (Wildman–Crippen LogP) is 2.88. The summed E-state index contributed by atoms with van der Waals surface area (Å²) in [6, 6.07) is 10.2.